The number of carbonyl (C=O) groups excluding carboxylic acids is 1. The molecule has 1 aromatic heterocycles. The molecule has 1 fully saturated rings. The molecule has 156 valence electrons. The maximum Gasteiger partial charge on any atom is 0.223 e. The van der Waals surface area contributed by atoms with Gasteiger partial charge in [-0.1, -0.05) is 51.3 Å². The minimum atomic E-state index is -3.68. The molecule has 0 bridgehead atoms. The Labute approximate surface area is 173 Å². The lowest BCUT2D eigenvalue weighted by molar-refractivity contribution is -0.125. The molecule has 6 heteroatoms. The zero-order valence-corrected chi connectivity index (χ0v) is 18.0. The fourth-order valence-corrected chi connectivity index (χ4v) is 5.53. The van der Waals surface area contributed by atoms with Crippen LogP contribution in [0.2, 0.25) is 0 Å². The summed E-state index contributed by atoms with van der Waals surface area (Å²) >= 11 is 0. The topological polar surface area (TPSA) is 76.1 Å². The second kappa shape index (κ2) is 9.53. The molecule has 1 N–H and O–H groups in total. The van der Waals surface area contributed by atoms with Crippen molar-refractivity contribution in [3.63, 3.8) is 0 Å². The molecule has 0 aliphatic heterocycles. The van der Waals surface area contributed by atoms with E-state index in [1.54, 1.807) is 36.7 Å². The average Bonchev–Trinajstić information content (AvgIpc) is 2.75. The van der Waals surface area contributed by atoms with Crippen molar-refractivity contribution in [1.29, 1.82) is 0 Å². The van der Waals surface area contributed by atoms with Gasteiger partial charge in [-0.05, 0) is 48.1 Å². The monoisotopic (exact) mass is 414 g/mol. The van der Waals surface area contributed by atoms with E-state index in [9.17, 15) is 13.2 Å². The molecule has 1 aliphatic rings. The Kier molecular flexibility index (Phi) is 7.06. The summed E-state index contributed by atoms with van der Waals surface area (Å²) in [6, 6.07) is 10.5. The lowest BCUT2D eigenvalue weighted by Gasteiger charge is -2.23. The Balaban J connectivity index is 1.83. The van der Waals surface area contributed by atoms with Gasteiger partial charge in [0.2, 0.25) is 5.91 Å². The van der Waals surface area contributed by atoms with Gasteiger partial charge in [0.05, 0.1) is 4.90 Å². The van der Waals surface area contributed by atoms with Crippen molar-refractivity contribution in [3.8, 4) is 0 Å². The summed E-state index contributed by atoms with van der Waals surface area (Å²) in [6.07, 6.45) is 8.24. The summed E-state index contributed by atoms with van der Waals surface area (Å²) in [5.41, 5.74) is 1.68. The standard InChI is InChI=1S/C23H30N2O3S/c1-17(2)18-10-12-21(13-11-18)29(27,28)22(20-9-6-14-24-15-20)16-25-23(26)19-7-4-3-5-8-19/h6,9-15,17,19,22H,3-5,7-8,16H2,1-2H3,(H,25,26)/t22-/m0/s1. The van der Waals surface area contributed by atoms with Gasteiger partial charge in [0.15, 0.2) is 9.84 Å². The van der Waals surface area contributed by atoms with Crippen molar-refractivity contribution in [1.82, 2.24) is 10.3 Å². The number of hydrogen-bond donors (Lipinski definition) is 1. The molecule has 0 radical (unpaired) electrons. The first-order valence-electron chi connectivity index (χ1n) is 10.4. The Bertz CT molecular complexity index is 903. The zero-order valence-electron chi connectivity index (χ0n) is 17.2. The van der Waals surface area contributed by atoms with Crippen molar-refractivity contribution in [2.24, 2.45) is 5.92 Å². The molecule has 2 aromatic rings. The number of carbonyl (C=O) groups is 1. The van der Waals surface area contributed by atoms with Crippen LogP contribution in [-0.4, -0.2) is 25.9 Å². The molecular weight excluding hydrogens is 384 g/mol. The smallest absolute Gasteiger partial charge is 0.223 e. The largest absolute Gasteiger partial charge is 0.354 e. The second-order valence-electron chi connectivity index (χ2n) is 8.12. The summed E-state index contributed by atoms with van der Waals surface area (Å²) in [5.74, 6) is 0.283. The molecule has 0 unspecified atom stereocenters. The average molecular weight is 415 g/mol. The van der Waals surface area contributed by atoms with Gasteiger partial charge in [0, 0.05) is 24.9 Å². The fraction of sp³-hybridized carbons (Fsp3) is 0.478. The lowest BCUT2D eigenvalue weighted by Crippen LogP contribution is -2.36. The number of hydrogen-bond acceptors (Lipinski definition) is 4. The first-order chi connectivity index (χ1) is 13.9. The summed E-state index contributed by atoms with van der Waals surface area (Å²) in [4.78, 5) is 17.0. The SMILES string of the molecule is CC(C)c1ccc(S(=O)(=O)[C@@H](CNC(=O)C2CCCCC2)c2cccnc2)cc1. The Morgan fingerprint density at radius 2 is 1.76 bits per heavy atom. The van der Waals surface area contributed by atoms with E-state index in [4.69, 9.17) is 0 Å². The summed E-state index contributed by atoms with van der Waals surface area (Å²) < 4.78 is 26.8. The van der Waals surface area contributed by atoms with Gasteiger partial charge in [-0.25, -0.2) is 8.42 Å². The molecule has 1 amide bonds. The maximum absolute atomic E-state index is 13.4. The van der Waals surface area contributed by atoms with E-state index in [1.165, 1.54) is 6.42 Å². The molecule has 1 heterocycles. The van der Waals surface area contributed by atoms with Crippen LogP contribution in [0.1, 0.15) is 68.2 Å². The van der Waals surface area contributed by atoms with Crippen LogP contribution in [0.25, 0.3) is 0 Å². The van der Waals surface area contributed by atoms with Crippen LogP contribution in [0.3, 0.4) is 0 Å². The normalized spacial score (nSPS) is 16.5. The third-order valence-corrected chi connectivity index (χ3v) is 7.86. The molecule has 3 rings (SSSR count). The summed E-state index contributed by atoms with van der Waals surface area (Å²) in [6.45, 7) is 4.20. The van der Waals surface area contributed by atoms with E-state index in [1.807, 2.05) is 12.1 Å². The molecular formula is C23H30N2O3S. The van der Waals surface area contributed by atoms with Crippen LogP contribution >= 0.6 is 0 Å². The number of nitrogens with zero attached hydrogens (tertiary/aromatic N) is 1. The molecule has 1 saturated carbocycles. The Morgan fingerprint density at radius 1 is 1.07 bits per heavy atom. The molecule has 5 nitrogen and oxygen atoms in total. The predicted octanol–water partition coefficient (Wildman–Crippen LogP) is 4.42. The number of sulfone groups is 1. The van der Waals surface area contributed by atoms with E-state index in [0.717, 1.165) is 31.2 Å². The number of amides is 1. The molecule has 1 aliphatic carbocycles. The minimum absolute atomic E-state index is 0.00803. The number of benzene rings is 1. The van der Waals surface area contributed by atoms with Gasteiger partial charge in [-0.15, -0.1) is 0 Å². The van der Waals surface area contributed by atoms with Crippen LogP contribution in [0, 0.1) is 5.92 Å². The summed E-state index contributed by atoms with van der Waals surface area (Å²) in [5, 5.41) is 2.04. The highest BCUT2D eigenvalue weighted by atomic mass is 32.2. The summed E-state index contributed by atoms with van der Waals surface area (Å²) in [7, 11) is -3.68. The molecule has 0 spiro atoms. The number of aromatic nitrogens is 1. The Morgan fingerprint density at radius 3 is 2.34 bits per heavy atom. The van der Waals surface area contributed by atoms with Gasteiger partial charge in [0.25, 0.3) is 0 Å². The lowest BCUT2D eigenvalue weighted by atomic mass is 9.88. The number of pyridine rings is 1. The fourth-order valence-electron chi connectivity index (χ4n) is 3.88. The van der Waals surface area contributed by atoms with Gasteiger partial charge in [-0.3, -0.25) is 9.78 Å². The maximum atomic E-state index is 13.4. The van der Waals surface area contributed by atoms with Gasteiger partial charge >= 0.3 is 0 Å². The van der Waals surface area contributed by atoms with E-state index in [2.05, 4.69) is 24.1 Å². The van der Waals surface area contributed by atoms with Crippen molar-refractivity contribution >= 4 is 15.7 Å². The van der Waals surface area contributed by atoms with E-state index < -0.39 is 15.1 Å². The number of rotatable bonds is 7. The Hall–Kier alpha value is -2.21. The van der Waals surface area contributed by atoms with E-state index in [-0.39, 0.29) is 23.3 Å². The first kappa shape index (κ1) is 21.5. The van der Waals surface area contributed by atoms with E-state index >= 15 is 0 Å². The van der Waals surface area contributed by atoms with Crippen LogP contribution in [0.15, 0.2) is 53.7 Å². The minimum Gasteiger partial charge on any atom is -0.354 e. The van der Waals surface area contributed by atoms with Crippen LogP contribution in [0.5, 0.6) is 0 Å². The van der Waals surface area contributed by atoms with Crippen molar-refractivity contribution in [2.75, 3.05) is 6.54 Å². The molecule has 1 aromatic carbocycles. The third-order valence-electron chi connectivity index (χ3n) is 5.74. The highest BCUT2D eigenvalue weighted by Gasteiger charge is 2.31. The third kappa shape index (κ3) is 5.24. The first-order valence-corrected chi connectivity index (χ1v) is 12.0. The van der Waals surface area contributed by atoms with Gasteiger partial charge < -0.3 is 5.32 Å². The van der Waals surface area contributed by atoms with Crippen molar-refractivity contribution in [3.05, 3.63) is 59.9 Å². The highest BCUT2D eigenvalue weighted by Crippen LogP contribution is 2.30. The van der Waals surface area contributed by atoms with Crippen LogP contribution in [0.4, 0.5) is 0 Å². The predicted molar refractivity (Wildman–Crippen MR) is 114 cm³/mol. The highest BCUT2D eigenvalue weighted by molar-refractivity contribution is 7.91. The quantitative estimate of drug-likeness (QED) is 0.728. The molecule has 0 saturated heterocycles. The van der Waals surface area contributed by atoms with E-state index in [0.29, 0.717) is 11.5 Å². The second-order valence-corrected chi connectivity index (χ2v) is 10.3. The van der Waals surface area contributed by atoms with Gasteiger partial charge in [-0.2, -0.15) is 0 Å². The molecule has 29 heavy (non-hydrogen) atoms. The van der Waals surface area contributed by atoms with Crippen molar-refractivity contribution < 1.29 is 13.2 Å². The van der Waals surface area contributed by atoms with Crippen LogP contribution < -0.4 is 5.32 Å². The molecule has 1 atom stereocenters. The number of nitrogens with one attached hydrogen (secondary N) is 1. The van der Waals surface area contributed by atoms with Crippen molar-refractivity contribution in [2.45, 2.75) is 62.0 Å². The zero-order chi connectivity index (χ0) is 20.9. The van der Waals surface area contributed by atoms with Crippen LogP contribution in [-0.2, 0) is 14.6 Å². The van der Waals surface area contributed by atoms with Gasteiger partial charge in [0.1, 0.15) is 5.25 Å².